The summed E-state index contributed by atoms with van der Waals surface area (Å²) in [5, 5.41) is 16.0. The molecule has 10 heteroatoms. The number of halogens is 1. The molecule has 0 spiro atoms. The van der Waals surface area contributed by atoms with Crippen LogP contribution in [-0.2, 0) is 11.3 Å². The van der Waals surface area contributed by atoms with Gasteiger partial charge < -0.3 is 15.2 Å². The van der Waals surface area contributed by atoms with E-state index >= 15 is 0 Å². The molecular weight excluding hydrogens is 409 g/mol. The highest BCUT2D eigenvalue weighted by Gasteiger charge is 2.15. The summed E-state index contributed by atoms with van der Waals surface area (Å²) in [5.41, 5.74) is 1.05. The Kier molecular flexibility index (Phi) is 5.68. The molecule has 0 radical (unpaired) electrons. The van der Waals surface area contributed by atoms with E-state index in [0.29, 0.717) is 35.7 Å². The largest absolute Gasteiger partial charge is 0.453 e. The molecule has 8 nitrogen and oxygen atoms in total. The van der Waals surface area contributed by atoms with Crippen LogP contribution in [0.15, 0.2) is 42.9 Å². The van der Waals surface area contributed by atoms with Crippen LogP contribution in [0.5, 0.6) is 11.5 Å². The number of hydrogen-bond acceptors (Lipinski definition) is 7. The SMILES string of the molecule is CCC(=O)Nc1ccc(Oc2ccnc3cc(-c4ncn(CCO)n4)sc23)c(F)c1. The number of thiophene rings is 1. The summed E-state index contributed by atoms with van der Waals surface area (Å²) in [6.07, 6.45) is 3.44. The number of nitrogens with one attached hydrogen (secondary N) is 1. The summed E-state index contributed by atoms with van der Waals surface area (Å²) in [6, 6.07) is 7.78. The molecule has 0 atom stereocenters. The van der Waals surface area contributed by atoms with Gasteiger partial charge in [0.1, 0.15) is 12.1 Å². The van der Waals surface area contributed by atoms with Gasteiger partial charge in [-0.05, 0) is 18.2 Å². The van der Waals surface area contributed by atoms with Crippen molar-refractivity contribution < 1.29 is 19.0 Å². The van der Waals surface area contributed by atoms with Gasteiger partial charge >= 0.3 is 0 Å². The van der Waals surface area contributed by atoms with Crippen LogP contribution in [0, 0.1) is 5.82 Å². The third-order valence-corrected chi connectivity index (χ3v) is 5.35. The van der Waals surface area contributed by atoms with Crippen molar-refractivity contribution in [3.05, 3.63) is 48.7 Å². The fraction of sp³-hybridized carbons (Fsp3) is 0.200. The number of benzene rings is 1. The number of fused-ring (bicyclic) bond motifs is 1. The van der Waals surface area contributed by atoms with E-state index in [1.165, 1.54) is 23.5 Å². The lowest BCUT2D eigenvalue weighted by Gasteiger charge is -2.09. The summed E-state index contributed by atoms with van der Waals surface area (Å²) in [7, 11) is 0. The van der Waals surface area contributed by atoms with Gasteiger partial charge in [0.2, 0.25) is 5.91 Å². The van der Waals surface area contributed by atoms with E-state index in [9.17, 15) is 9.18 Å². The molecule has 30 heavy (non-hydrogen) atoms. The molecule has 0 saturated carbocycles. The summed E-state index contributed by atoms with van der Waals surface area (Å²) < 4.78 is 22.6. The number of aliphatic hydroxyl groups is 1. The minimum atomic E-state index is -0.588. The van der Waals surface area contributed by atoms with Gasteiger partial charge in [0, 0.05) is 30.4 Å². The van der Waals surface area contributed by atoms with Crippen molar-refractivity contribution in [2.45, 2.75) is 19.9 Å². The second-order valence-corrected chi connectivity index (χ2v) is 7.39. The Bertz CT molecular complexity index is 1210. The Morgan fingerprint density at radius 2 is 2.13 bits per heavy atom. The maximum Gasteiger partial charge on any atom is 0.224 e. The smallest absolute Gasteiger partial charge is 0.224 e. The predicted octanol–water partition coefficient (Wildman–Crippen LogP) is 3.83. The molecule has 3 aromatic heterocycles. The first kappa shape index (κ1) is 19.9. The molecule has 0 bridgehead atoms. The Morgan fingerprint density at radius 3 is 2.90 bits per heavy atom. The lowest BCUT2D eigenvalue weighted by Crippen LogP contribution is -2.09. The molecule has 0 aliphatic carbocycles. The standard InChI is InChI=1S/C20H18FN5O3S/c1-2-18(28)24-12-3-4-15(13(21)9-12)29-16-5-6-22-14-10-17(30-19(14)16)20-23-11-26(25-20)7-8-27/h3-6,9-11,27H,2,7-8H2,1H3,(H,24,28). The zero-order valence-corrected chi connectivity index (χ0v) is 16.8. The summed E-state index contributed by atoms with van der Waals surface area (Å²) >= 11 is 1.38. The molecule has 1 amide bonds. The fourth-order valence-electron chi connectivity index (χ4n) is 2.75. The molecule has 154 valence electrons. The maximum atomic E-state index is 14.5. The molecule has 0 aliphatic rings. The third kappa shape index (κ3) is 4.14. The number of nitrogens with zero attached hydrogens (tertiary/aromatic N) is 4. The molecule has 0 aliphatic heterocycles. The topological polar surface area (TPSA) is 102 Å². The van der Waals surface area contributed by atoms with E-state index in [1.807, 2.05) is 6.07 Å². The van der Waals surface area contributed by atoms with Crippen molar-refractivity contribution in [3.8, 4) is 22.2 Å². The van der Waals surface area contributed by atoms with Gasteiger partial charge in [0.15, 0.2) is 17.4 Å². The summed E-state index contributed by atoms with van der Waals surface area (Å²) in [5.74, 6) is 0.224. The lowest BCUT2D eigenvalue weighted by molar-refractivity contribution is -0.115. The van der Waals surface area contributed by atoms with Crippen molar-refractivity contribution in [1.82, 2.24) is 19.7 Å². The van der Waals surface area contributed by atoms with E-state index in [1.54, 1.807) is 36.3 Å². The van der Waals surface area contributed by atoms with Gasteiger partial charge in [-0.25, -0.2) is 14.1 Å². The lowest BCUT2D eigenvalue weighted by atomic mass is 10.2. The molecule has 4 rings (SSSR count). The normalized spacial score (nSPS) is 11.0. The quantitative estimate of drug-likeness (QED) is 0.465. The highest BCUT2D eigenvalue weighted by molar-refractivity contribution is 7.22. The number of carbonyl (C=O) groups is 1. The Balaban J connectivity index is 1.61. The Morgan fingerprint density at radius 1 is 1.27 bits per heavy atom. The van der Waals surface area contributed by atoms with Crippen LogP contribution in [0.4, 0.5) is 10.1 Å². The van der Waals surface area contributed by atoms with Crippen LogP contribution in [0.2, 0.25) is 0 Å². The fourth-order valence-corrected chi connectivity index (χ4v) is 3.75. The number of aromatic nitrogens is 4. The zero-order valence-electron chi connectivity index (χ0n) is 16.0. The van der Waals surface area contributed by atoms with Crippen molar-refractivity contribution in [2.75, 3.05) is 11.9 Å². The molecule has 1 aromatic carbocycles. The van der Waals surface area contributed by atoms with E-state index < -0.39 is 5.82 Å². The van der Waals surface area contributed by atoms with Gasteiger partial charge in [-0.1, -0.05) is 6.92 Å². The van der Waals surface area contributed by atoms with Gasteiger partial charge in [0.25, 0.3) is 0 Å². The second kappa shape index (κ2) is 8.56. The second-order valence-electron chi connectivity index (χ2n) is 6.34. The van der Waals surface area contributed by atoms with Crippen LogP contribution in [0.25, 0.3) is 20.9 Å². The number of amides is 1. The van der Waals surface area contributed by atoms with Crippen molar-refractivity contribution in [3.63, 3.8) is 0 Å². The number of ether oxygens (including phenoxy) is 1. The first-order valence-electron chi connectivity index (χ1n) is 9.24. The van der Waals surface area contributed by atoms with Crippen molar-refractivity contribution >= 4 is 33.1 Å². The van der Waals surface area contributed by atoms with Crippen LogP contribution in [0.3, 0.4) is 0 Å². The molecule has 0 fully saturated rings. The molecule has 3 heterocycles. The van der Waals surface area contributed by atoms with E-state index in [4.69, 9.17) is 9.84 Å². The number of hydrogen-bond donors (Lipinski definition) is 2. The molecular formula is C20H18FN5O3S. The van der Waals surface area contributed by atoms with Crippen LogP contribution in [0.1, 0.15) is 13.3 Å². The van der Waals surface area contributed by atoms with E-state index in [0.717, 1.165) is 9.58 Å². The average Bonchev–Trinajstić information content (AvgIpc) is 3.37. The van der Waals surface area contributed by atoms with Crippen molar-refractivity contribution in [2.24, 2.45) is 0 Å². The van der Waals surface area contributed by atoms with Crippen LogP contribution in [-0.4, -0.2) is 37.4 Å². The third-order valence-electron chi connectivity index (χ3n) is 4.22. The van der Waals surface area contributed by atoms with E-state index in [-0.39, 0.29) is 18.3 Å². The van der Waals surface area contributed by atoms with E-state index in [2.05, 4.69) is 20.4 Å². The number of anilines is 1. The monoisotopic (exact) mass is 427 g/mol. The number of pyridine rings is 1. The van der Waals surface area contributed by atoms with Crippen LogP contribution >= 0.6 is 11.3 Å². The van der Waals surface area contributed by atoms with Gasteiger partial charge in [0.05, 0.1) is 28.2 Å². The predicted molar refractivity (Wildman–Crippen MR) is 111 cm³/mol. The minimum absolute atomic E-state index is 0.0265. The minimum Gasteiger partial charge on any atom is -0.453 e. The molecule has 0 saturated heterocycles. The number of rotatable bonds is 7. The zero-order chi connectivity index (χ0) is 21.1. The molecule has 4 aromatic rings. The Labute approximate surface area is 175 Å². The first-order chi connectivity index (χ1) is 14.6. The van der Waals surface area contributed by atoms with Crippen LogP contribution < -0.4 is 10.1 Å². The van der Waals surface area contributed by atoms with Gasteiger partial charge in [-0.3, -0.25) is 9.78 Å². The Hall–Kier alpha value is -3.37. The number of aliphatic hydroxyl groups excluding tert-OH is 1. The average molecular weight is 427 g/mol. The molecule has 2 N–H and O–H groups in total. The maximum absolute atomic E-state index is 14.5. The van der Waals surface area contributed by atoms with Crippen molar-refractivity contribution in [1.29, 1.82) is 0 Å². The molecule has 0 unspecified atom stereocenters. The van der Waals surface area contributed by atoms with Gasteiger partial charge in [-0.15, -0.1) is 16.4 Å². The van der Waals surface area contributed by atoms with Gasteiger partial charge in [-0.2, -0.15) is 0 Å². The first-order valence-corrected chi connectivity index (χ1v) is 10.1. The number of carbonyl (C=O) groups excluding carboxylic acids is 1. The highest BCUT2D eigenvalue weighted by atomic mass is 32.1. The summed E-state index contributed by atoms with van der Waals surface area (Å²) in [4.78, 5) is 20.9. The summed E-state index contributed by atoms with van der Waals surface area (Å²) in [6.45, 7) is 2.06. The highest BCUT2D eigenvalue weighted by Crippen LogP contribution is 2.38.